The molecule has 2 atom stereocenters. The van der Waals surface area contributed by atoms with E-state index in [0.29, 0.717) is 30.4 Å². The quantitative estimate of drug-likeness (QED) is 0.628. The Balaban J connectivity index is 2.09. The van der Waals surface area contributed by atoms with E-state index in [0.717, 1.165) is 0 Å². The van der Waals surface area contributed by atoms with Crippen LogP contribution < -0.4 is 10.4 Å². The lowest BCUT2D eigenvalue weighted by Gasteiger charge is -2.38. The van der Waals surface area contributed by atoms with Gasteiger partial charge in [0.2, 0.25) is 5.91 Å². The van der Waals surface area contributed by atoms with Crippen LogP contribution in [0.15, 0.2) is 15.3 Å². The van der Waals surface area contributed by atoms with E-state index in [9.17, 15) is 19.5 Å². The molecule has 0 saturated carbocycles. The smallest absolute Gasteiger partial charge is 0.340 e. The van der Waals surface area contributed by atoms with Crippen LogP contribution in [0.4, 0.5) is 0 Å². The van der Waals surface area contributed by atoms with Crippen LogP contribution in [-0.4, -0.2) is 54.6 Å². The number of benzene rings is 1. The van der Waals surface area contributed by atoms with Crippen molar-refractivity contribution in [3.8, 4) is 11.5 Å². The molecular formula is C20H23NO7. The third-order valence-corrected chi connectivity index (χ3v) is 5.17. The highest BCUT2D eigenvalue weighted by atomic mass is 16.5. The summed E-state index contributed by atoms with van der Waals surface area (Å²) < 4.78 is 15.9. The summed E-state index contributed by atoms with van der Waals surface area (Å²) in [6, 6.07) is 1.30. The summed E-state index contributed by atoms with van der Waals surface area (Å²) in [5.41, 5.74) is -0.176. The number of phenolic OH excluding ortho intramolecular Hbond substituents is 1. The lowest BCUT2D eigenvalue weighted by Crippen LogP contribution is -2.53. The van der Waals surface area contributed by atoms with Gasteiger partial charge in [-0.15, -0.1) is 0 Å². The second kappa shape index (κ2) is 7.63. The normalized spacial score (nSPS) is 19.6. The number of phenols is 1. The summed E-state index contributed by atoms with van der Waals surface area (Å²) in [6.07, 6.45) is 0.281. The molecule has 0 bridgehead atoms. The number of morpholine rings is 1. The van der Waals surface area contributed by atoms with E-state index in [-0.39, 0.29) is 46.9 Å². The van der Waals surface area contributed by atoms with Gasteiger partial charge in [-0.3, -0.25) is 9.59 Å². The van der Waals surface area contributed by atoms with Crippen LogP contribution in [0.5, 0.6) is 11.5 Å². The monoisotopic (exact) mass is 389 g/mol. The predicted molar refractivity (Wildman–Crippen MR) is 101 cm³/mol. The Morgan fingerprint density at radius 1 is 1.36 bits per heavy atom. The molecule has 1 aromatic heterocycles. The average Bonchev–Trinajstić information content (AvgIpc) is 2.65. The molecule has 1 amide bonds. The van der Waals surface area contributed by atoms with E-state index in [1.807, 2.05) is 13.8 Å². The van der Waals surface area contributed by atoms with Gasteiger partial charge in [0.15, 0.2) is 23.4 Å². The fourth-order valence-corrected chi connectivity index (χ4v) is 3.72. The number of nitrogens with zero attached hydrogens (tertiary/aromatic N) is 1. The molecule has 1 aliphatic heterocycles. The second-order valence-electron chi connectivity index (χ2n) is 7.04. The molecule has 1 aromatic carbocycles. The number of hydrogen-bond acceptors (Lipinski definition) is 7. The first-order valence-electron chi connectivity index (χ1n) is 9.00. The van der Waals surface area contributed by atoms with Crippen molar-refractivity contribution in [2.45, 2.75) is 39.3 Å². The summed E-state index contributed by atoms with van der Waals surface area (Å²) in [5, 5.41) is 10.6. The number of aromatic hydroxyl groups is 1. The fourth-order valence-electron chi connectivity index (χ4n) is 3.72. The van der Waals surface area contributed by atoms with E-state index in [1.165, 1.54) is 13.2 Å². The first-order valence-corrected chi connectivity index (χ1v) is 9.00. The summed E-state index contributed by atoms with van der Waals surface area (Å²) in [6.45, 7) is 6.36. The van der Waals surface area contributed by atoms with E-state index in [1.54, 1.807) is 11.8 Å². The highest BCUT2D eigenvalue weighted by molar-refractivity contribution is 6.00. The van der Waals surface area contributed by atoms with Gasteiger partial charge in [-0.25, -0.2) is 4.79 Å². The third kappa shape index (κ3) is 3.24. The number of carbonyl (C=O) groups excluding carboxylic acids is 2. The molecule has 8 heteroatoms. The zero-order chi connectivity index (χ0) is 20.6. The Kier molecular flexibility index (Phi) is 5.42. The molecule has 0 unspecified atom stereocenters. The standard InChI is InChI=1S/C20H23NO7/c1-10-8-27-9-11(2)21(10)17(23)6-14-12(3)13-5-16(26-4)18(24)15(7-22)19(13)28-20(14)25/h5,7,10-11,24H,6,8-9H2,1-4H3/t10-,11-/m0/s1. The first-order chi connectivity index (χ1) is 13.3. The lowest BCUT2D eigenvalue weighted by molar-refractivity contribution is -0.143. The molecule has 150 valence electrons. The SMILES string of the molecule is COc1cc2c(C)c(CC(=O)N3[C@@H](C)COC[C@@H]3C)c(=O)oc2c(C=O)c1O. The molecule has 0 aliphatic carbocycles. The van der Waals surface area contributed by atoms with Gasteiger partial charge in [0.05, 0.1) is 44.4 Å². The van der Waals surface area contributed by atoms with E-state index < -0.39 is 11.4 Å². The Morgan fingerprint density at radius 2 is 2.00 bits per heavy atom. The topological polar surface area (TPSA) is 106 Å². The van der Waals surface area contributed by atoms with E-state index >= 15 is 0 Å². The Hall–Kier alpha value is -2.87. The molecule has 28 heavy (non-hydrogen) atoms. The molecule has 0 radical (unpaired) electrons. The van der Waals surface area contributed by atoms with Gasteiger partial charge in [-0.05, 0) is 32.4 Å². The van der Waals surface area contributed by atoms with Crippen molar-refractivity contribution < 1.29 is 28.6 Å². The van der Waals surface area contributed by atoms with Gasteiger partial charge in [0, 0.05) is 5.39 Å². The number of rotatable bonds is 4. The molecule has 0 spiro atoms. The molecule has 8 nitrogen and oxygen atoms in total. The number of hydrogen-bond donors (Lipinski definition) is 1. The van der Waals surface area contributed by atoms with Crippen molar-refractivity contribution in [3.05, 3.63) is 33.2 Å². The summed E-state index contributed by atoms with van der Waals surface area (Å²) in [5.74, 6) is -0.508. The van der Waals surface area contributed by atoms with Crippen molar-refractivity contribution in [2.75, 3.05) is 20.3 Å². The van der Waals surface area contributed by atoms with Crippen molar-refractivity contribution in [1.82, 2.24) is 4.90 Å². The molecule has 1 aliphatic rings. The van der Waals surface area contributed by atoms with Crippen LogP contribution in [0.2, 0.25) is 0 Å². The van der Waals surface area contributed by atoms with Crippen LogP contribution in [0.25, 0.3) is 11.0 Å². The highest BCUT2D eigenvalue weighted by Gasteiger charge is 2.31. The van der Waals surface area contributed by atoms with Gasteiger partial charge in [0.1, 0.15) is 5.56 Å². The maximum Gasteiger partial charge on any atom is 0.340 e. The van der Waals surface area contributed by atoms with Gasteiger partial charge in [-0.2, -0.15) is 0 Å². The zero-order valence-corrected chi connectivity index (χ0v) is 16.3. The molecule has 1 N–H and O–H groups in total. The number of aldehydes is 1. The summed E-state index contributed by atoms with van der Waals surface area (Å²) >= 11 is 0. The molecule has 2 aromatic rings. The maximum atomic E-state index is 12.9. The maximum absolute atomic E-state index is 12.9. The number of ether oxygens (including phenoxy) is 2. The number of aryl methyl sites for hydroxylation is 1. The summed E-state index contributed by atoms with van der Waals surface area (Å²) in [7, 11) is 1.36. The van der Waals surface area contributed by atoms with E-state index in [4.69, 9.17) is 13.9 Å². The molecule has 2 heterocycles. The Bertz CT molecular complexity index is 984. The average molecular weight is 389 g/mol. The zero-order valence-electron chi connectivity index (χ0n) is 16.3. The van der Waals surface area contributed by atoms with Crippen LogP contribution in [0.1, 0.15) is 35.3 Å². The molecule has 1 fully saturated rings. The van der Waals surface area contributed by atoms with Gasteiger partial charge in [-0.1, -0.05) is 0 Å². The van der Waals surface area contributed by atoms with Crippen LogP contribution in [0, 0.1) is 6.92 Å². The van der Waals surface area contributed by atoms with Crippen molar-refractivity contribution >= 4 is 23.2 Å². The van der Waals surface area contributed by atoms with Gasteiger partial charge in [0.25, 0.3) is 0 Å². The van der Waals surface area contributed by atoms with Crippen molar-refractivity contribution in [3.63, 3.8) is 0 Å². The lowest BCUT2D eigenvalue weighted by atomic mass is 9.99. The van der Waals surface area contributed by atoms with Crippen LogP contribution >= 0.6 is 0 Å². The van der Waals surface area contributed by atoms with Crippen LogP contribution in [0.3, 0.4) is 0 Å². The molecular weight excluding hydrogens is 366 g/mol. The molecule has 3 rings (SSSR count). The fraction of sp³-hybridized carbons (Fsp3) is 0.450. The Labute approximate surface area is 161 Å². The number of methoxy groups -OCH3 is 1. The van der Waals surface area contributed by atoms with Crippen molar-refractivity contribution in [2.24, 2.45) is 0 Å². The number of amides is 1. The predicted octanol–water partition coefficient (Wildman–Crippen LogP) is 1.81. The second-order valence-corrected chi connectivity index (χ2v) is 7.04. The van der Waals surface area contributed by atoms with Gasteiger partial charge >= 0.3 is 5.63 Å². The minimum atomic E-state index is -0.709. The van der Waals surface area contributed by atoms with Gasteiger partial charge < -0.3 is 23.9 Å². The highest BCUT2D eigenvalue weighted by Crippen LogP contribution is 2.36. The molecule has 1 saturated heterocycles. The summed E-state index contributed by atoms with van der Waals surface area (Å²) in [4.78, 5) is 38.6. The Morgan fingerprint density at radius 3 is 2.57 bits per heavy atom. The first kappa shape index (κ1) is 19.9. The third-order valence-electron chi connectivity index (χ3n) is 5.17. The minimum Gasteiger partial charge on any atom is -0.504 e. The van der Waals surface area contributed by atoms with Crippen molar-refractivity contribution in [1.29, 1.82) is 0 Å². The van der Waals surface area contributed by atoms with E-state index in [2.05, 4.69) is 0 Å². The van der Waals surface area contributed by atoms with Crippen LogP contribution in [-0.2, 0) is 16.0 Å². The largest absolute Gasteiger partial charge is 0.504 e. The number of fused-ring (bicyclic) bond motifs is 1. The number of carbonyl (C=O) groups is 2. The minimum absolute atomic E-state index is 0.0277.